The van der Waals surface area contributed by atoms with Crippen molar-refractivity contribution in [3.63, 3.8) is 0 Å². The highest BCUT2D eigenvalue weighted by atomic mass is 16.4. The molecule has 1 atom stereocenters. The fourth-order valence-corrected chi connectivity index (χ4v) is 2.12. The molecule has 0 saturated heterocycles. The van der Waals surface area contributed by atoms with E-state index in [4.69, 9.17) is 5.11 Å². The molecule has 0 bridgehead atoms. The molecule has 0 aliphatic heterocycles. The van der Waals surface area contributed by atoms with Crippen LogP contribution in [0.3, 0.4) is 0 Å². The summed E-state index contributed by atoms with van der Waals surface area (Å²) in [7, 11) is 0. The number of carboxylic acid groups (broad SMARTS) is 1. The van der Waals surface area contributed by atoms with E-state index in [0.29, 0.717) is 16.9 Å². The van der Waals surface area contributed by atoms with Gasteiger partial charge in [0, 0.05) is 12.3 Å². The number of carboxylic acids is 1. The molecule has 2 heterocycles. The zero-order chi connectivity index (χ0) is 15.7. The monoisotopic (exact) mass is 290 g/mol. The second kappa shape index (κ2) is 5.51. The highest BCUT2D eigenvalue weighted by Gasteiger charge is 2.25. The number of aromatic nitrogens is 3. The van der Waals surface area contributed by atoms with Crippen molar-refractivity contribution in [2.24, 2.45) is 5.92 Å². The predicted molar refractivity (Wildman–Crippen MR) is 76.2 cm³/mol. The molecule has 0 aromatic carbocycles. The molecule has 0 radical (unpaired) electrons. The maximum atomic E-state index is 12.3. The number of carbonyl (C=O) groups excluding carboxylic acids is 1. The Bertz CT molecular complexity index is 706. The van der Waals surface area contributed by atoms with Gasteiger partial charge in [0.05, 0.1) is 17.0 Å². The van der Waals surface area contributed by atoms with Crippen LogP contribution in [0.1, 0.15) is 35.6 Å². The van der Waals surface area contributed by atoms with E-state index in [1.807, 2.05) is 13.0 Å². The van der Waals surface area contributed by atoms with Crippen molar-refractivity contribution in [1.82, 2.24) is 19.9 Å². The summed E-state index contributed by atoms with van der Waals surface area (Å²) in [5, 5.41) is 15.9. The summed E-state index contributed by atoms with van der Waals surface area (Å²) in [6, 6.07) is 0.870. The Hall–Kier alpha value is -2.44. The zero-order valence-electron chi connectivity index (χ0n) is 12.4. The first-order valence-electron chi connectivity index (χ1n) is 6.67. The summed E-state index contributed by atoms with van der Waals surface area (Å²) < 4.78 is 1.58. The van der Waals surface area contributed by atoms with Crippen molar-refractivity contribution in [1.29, 1.82) is 0 Å². The number of hydrogen-bond donors (Lipinski definition) is 2. The smallest absolute Gasteiger partial charge is 0.326 e. The van der Waals surface area contributed by atoms with E-state index in [1.54, 1.807) is 25.3 Å². The topological polar surface area (TPSA) is 96.6 Å². The summed E-state index contributed by atoms with van der Waals surface area (Å²) in [5.74, 6) is -1.73. The molecule has 7 heteroatoms. The van der Waals surface area contributed by atoms with Gasteiger partial charge in [0.25, 0.3) is 5.91 Å². The van der Waals surface area contributed by atoms with Gasteiger partial charge in [-0.15, -0.1) is 0 Å². The van der Waals surface area contributed by atoms with Crippen molar-refractivity contribution in [2.45, 2.75) is 33.7 Å². The van der Waals surface area contributed by atoms with Gasteiger partial charge in [0.15, 0.2) is 5.65 Å². The average Bonchev–Trinajstić information content (AvgIpc) is 2.77. The first kappa shape index (κ1) is 15.0. The van der Waals surface area contributed by atoms with Gasteiger partial charge in [0.2, 0.25) is 0 Å². The van der Waals surface area contributed by atoms with Crippen LogP contribution in [-0.2, 0) is 4.79 Å². The van der Waals surface area contributed by atoms with E-state index in [-0.39, 0.29) is 5.92 Å². The molecular formula is C14H18N4O3. The van der Waals surface area contributed by atoms with Crippen LogP contribution >= 0.6 is 0 Å². The minimum absolute atomic E-state index is 0.213. The van der Waals surface area contributed by atoms with Crippen molar-refractivity contribution in [3.05, 3.63) is 29.2 Å². The van der Waals surface area contributed by atoms with Crippen LogP contribution in [0.5, 0.6) is 0 Å². The van der Waals surface area contributed by atoms with Crippen LogP contribution in [0.4, 0.5) is 0 Å². The van der Waals surface area contributed by atoms with Gasteiger partial charge in [-0.1, -0.05) is 13.8 Å². The summed E-state index contributed by atoms with van der Waals surface area (Å²) in [5.41, 5.74) is 2.39. The molecule has 2 rings (SSSR count). The Morgan fingerprint density at radius 3 is 2.57 bits per heavy atom. The highest BCUT2D eigenvalue weighted by molar-refractivity contribution is 5.97. The normalized spacial score (nSPS) is 12.6. The Balaban J connectivity index is 2.35. The SMILES string of the molecule is Cc1cc2ncc(C(=O)NC(C(=O)O)C(C)C)c(C)n2n1. The zero-order valence-corrected chi connectivity index (χ0v) is 12.4. The molecule has 1 unspecified atom stereocenters. The molecule has 2 aromatic heterocycles. The molecule has 2 N–H and O–H groups in total. The van der Waals surface area contributed by atoms with Gasteiger partial charge < -0.3 is 10.4 Å². The third-order valence-electron chi connectivity index (χ3n) is 3.31. The first-order valence-corrected chi connectivity index (χ1v) is 6.67. The van der Waals surface area contributed by atoms with Gasteiger partial charge in [-0.05, 0) is 19.8 Å². The van der Waals surface area contributed by atoms with Crippen LogP contribution < -0.4 is 5.32 Å². The van der Waals surface area contributed by atoms with Crippen LogP contribution in [0, 0.1) is 19.8 Å². The van der Waals surface area contributed by atoms with E-state index < -0.39 is 17.9 Å². The Labute approximate surface area is 122 Å². The summed E-state index contributed by atoms with van der Waals surface area (Å²) in [6.45, 7) is 7.07. The summed E-state index contributed by atoms with van der Waals surface area (Å²) in [4.78, 5) is 27.6. The molecule has 0 aliphatic carbocycles. The lowest BCUT2D eigenvalue weighted by molar-refractivity contribution is -0.140. The maximum absolute atomic E-state index is 12.3. The van der Waals surface area contributed by atoms with E-state index in [2.05, 4.69) is 15.4 Å². The maximum Gasteiger partial charge on any atom is 0.326 e. The predicted octanol–water partition coefficient (Wildman–Crippen LogP) is 1.19. The van der Waals surface area contributed by atoms with Gasteiger partial charge in [-0.2, -0.15) is 5.10 Å². The number of hydrogen-bond acceptors (Lipinski definition) is 4. The van der Waals surface area contributed by atoms with Gasteiger partial charge in [-0.25, -0.2) is 14.3 Å². The minimum Gasteiger partial charge on any atom is -0.480 e. The van der Waals surface area contributed by atoms with Crippen LogP contribution in [-0.4, -0.2) is 37.6 Å². The lowest BCUT2D eigenvalue weighted by Crippen LogP contribution is -2.44. The van der Waals surface area contributed by atoms with Crippen molar-refractivity contribution >= 4 is 17.5 Å². The van der Waals surface area contributed by atoms with Gasteiger partial charge in [-0.3, -0.25) is 4.79 Å². The lowest BCUT2D eigenvalue weighted by atomic mass is 10.0. The number of rotatable bonds is 4. The molecule has 2 aromatic rings. The number of carbonyl (C=O) groups is 2. The molecule has 7 nitrogen and oxygen atoms in total. The van der Waals surface area contributed by atoms with Crippen molar-refractivity contribution in [2.75, 3.05) is 0 Å². The molecule has 112 valence electrons. The lowest BCUT2D eigenvalue weighted by Gasteiger charge is -2.18. The second-order valence-corrected chi connectivity index (χ2v) is 5.35. The number of nitrogens with zero attached hydrogens (tertiary/aromatic N) is 3. The molecule has 21 heavy (non-hydrogen) atoms. The highest BCUT2D eigenvalue weighted by Crippen LogP contribution is 2.12. The number of aliphatic carboxylic acids is 1. The molecular weight excluding hydrogens is 272 g/mol. The number of nitrogens with one attached hydrogen (secondary N) is 1. The minimum atomic E-state index is -1.06. The van der Waals surface area contributed by atoms with Gasteiger partial charge >= 0.3 is 5.97 Å². The number of amides is 1. The van der Waals surface area contributed by atoms with Gasteiger partial charge in [0.1, 0.15) is 6.04 Å². The Kier molecular flexibility index (Phi) is 3.93. The Morgan fingerprint density at radius 1 is 1.33 bits per heavy atom. The molecule has 0 saturated carbocycles. The van der Waals surface area contributed by atoms with Crippen LogP contribution in [0.2, 0.25) is 0 Å². The second-order valence-electron chi connectivity index (χ2n) is 5.35. The van der Waals surface area contributed by atoms with Crippen LogP contribution in [0.15, 0.2) is 12.3 Å². The molecule has 0 aliphatic rings. The molecule has 1 amide bonds. The quantitative estimate of drug-likeness (QED) is 0.881. The fraction of sp³-hybridized carbons (Fsp3) is 0.429. The average molecular weight is 290 g/mol. The third kappa shape index (κ3) is 2.86. The number of fused-ring (bicyclic) bond motifs is 1. The summed E-state index contributed by atoms with van der Waals surface area (Å²) >= 11 is 0. The van der Waals surface area contributed by atoms with E-state index >= 15 is 0 Å². The van der Waals surface area contributed by atoms with Crippen LogP contribution in [0.25, 0.3) is 5.65 Å². The molecule has 0 fully saturated rings. The largest absolute Gasteiger partial charge is 0.480 e. The Morgan fingerprint density at radius 2 is 2.00 bits per heavy atom. The standard InChI is InChI=1S/C14H18N4O3/c1-7(2)12(14(20)21)16-13(19)10-6-15-11-5-8(3)17-18(11)9(10)4/h5-7,12H,1-4H3,(H,16,19)(H,20,21). The fourth-order valence-electron chi connectivity index (χ4n) is 2.12. The molecule has 0 spiro atoms. The van der Waals surface area contributed by atoms with Crippen molar-refractivity contribution < 1.29 is 14.7 Å². The van der Waals surface area contributed by atoms with E-state index in [9.17, 15) is 9.59 Å². The number of aryl methyl sites for hydroxylation is 2. The summed E-state index contributed by atoms with van der Waals surface area (Å²) in [6.07, 6.45) is 1.44. The first-order chi connectivity index (χ1) is 9.81. The van der Waals surface area contributed by atoms with E-state index in [1.165, 1.54) is 6.20 Å². The van der Waals surface area contributed by atoms with E-state index in [0.717, 1.165) is 5.69 Å². The third-order valence-corrected chi connectivity index (χ3v) is 3.31. The van der Waals surface area contributed by atoms with Crippen molar-refractivity contribution in [3.8, 4) is 0 Å².